The van der Waals surface area contributed by atoms with Crippen molar-refractivity contribution in [3.63, 3.8) is 0 Å². The van der Waals surface area contributed by atoms with Crippen molar-refractivity contribution in [2.24, 2.45) is 0 Å². The van der Waals surface area contributed by atoms with Crippen LogP contribution in [0.3, 0.4) is 0 Å². The number of rotatable bonds is 2. The van der Waals surface area contributed by atoms with Crippen molar-refractivity contribution in [2.75, 3.05) is 13.1 Å². The van der Waals surface area contributed by atoms with E-state index in [9.17, 15) is 5.11 Å². The summed E-state index contributed by atoms with van der Waals surface area (Å²) in [4.78, 5) is 7.22. The van der Waals surface area contributed by atoms with Crippen molar-refractivity contribution in [3.05, 3.63) is 42.1 Å². The van der Waals surface area contributed by atoms with Crippen LogP contribution in [0.2, 0.25) is 0 Å². The predicted molar refractivity (Wildman–Crippen MR) is 84.2 cm³/mol. The van der Waals surface area contributed by atoms with E-state index in [2.05, 4.69) is 23.1 Å². The third-order valence-corrected chi connectivity index (χ3v) is 5.21. The Hall–Kier alpha value is -1.45. The molecule has 0 amide bonds. The predicted octanol–water partition coefficient (Wildman–Crippen LogP) is 2.77. The van der Waals surface area contributed by atoms with E-state index in [1.807, 2.05) is 18.2 Å². The lowest BCUT2D eigenvalue weighted by atomic mass is 9.85. The first kappa shape index (κ1) is 13.2. The van der Waals surface area contributed by atoms with Crippen LogP contribution in [-0.4, -0.2) is 39.7 Å². The average Bonchev–Trinajstić information content (AvgIpc) is 2.85. The summed E-state index contributed by atoms with van der Waals surface area (Å²) in [5, 5.41) is 12.3. The summed E-state index contributed by atoms with van der Waals surface area (Å²) in [7, 11) is 0. The van der Waals surface area contributed by atoms with Crippen LogP contribution in [0, 0.1) is 0 Å². The molecule has 3 heterocycles. The van der Waals surface area contributed by atoms with Gasteiger partial charge in [0, 0.05) is 30.1 Å². The largest absolute Gasteiger partial charge is 0.388 e. The van der Waals surface area contributed by atoms with Crippen molar-refractivity contribution < 1.29 is 5.11 Å². The Morgan fingerprint density at radius 3 is 3.00 bits per heavy atom. The molecule has 0 saturated carbocycles. The summed E-state index contributed by atoms with van der Waals surface area (Å²) < 4.78 is 0. The first-order chi connectivity index (χ1) is 10.2. The van der Waals surface area contributed by atoms with Crippen LogP contribution in [0.4, 0.5) is 0 Å². The van der Waals surface area contributed by atoms with Crippen LogP contribution in [0.1, 0.15) is 31.4 Å². The van der Waals surface area contributed by atoms with Gasteiger partial charge < -0.3 is 5.11 Å². The molecule has 3 heteroatoms. The number of hydrogen-bond donors (Lipinski definition) is 1. The molecule has 0 spiro atoms. The minimum Gasteiger partial charge on any atom is -0.388 e. The second-order valence-electron chi connectivity index (χ2n) is 6.57. The number of pyridine rings is 1. The molecule has 1 N–H and O–H groups in total. The van der Waals surface area contributed by atoms with Gasteiger partial charge in [-0.1, -0.05) is 30.7 Å². The molecular formula is C18H22N2O. The third kappa shape index (κ3) is 2.34. The standard InChI is InChI=1S/C18H22N2O/c21-18(10-12-20-11-4-3-7-17(18)20)13-15-9-8-14-5-1-2-6-16(14)19-15/h1-2,5-6,8-9,17,21H,3-4,7,10-13H2. The van der Waals surface area contributed by atoms with E-state index < -0.39 is 5.60 Å². The molecule has 0 radical (unpaired) electrons. The highest BCUT2D eigenvalue weighted by Gasteiger charge is 2.46. The Balaban J connectivity index is 1.61. The fraction of sp³-hybridized carbons (Fsp3) is 0.500. The van der Waals surface area contributed by atoms with E-state index in [4.69, 9.17) is 4.98 Å². The number of hydrogen-bond acceptors (Lipinski definition) is 3. The highest BCUT2D eigenvalue weighted by atomic mass is 16.3. The van der Waals surface area contributed by atoms with Gasteiger partial charge in [-0.3, -0.25) is 9.88 Å². The molecule has 4 rings (SSSR count). The van der Waals surface area contributed by atoms with E-state index in [0.717, 1.165) is 37.1 Å². The quantitative estimate of drug-likeness (QED) is 0.920. The van der Waals surface area contributed by atoms with E-state index in [-0.39, 0.29) is 0 Å². The van der Waals surface area contributed by atoms with Gasteiger partial charge in [-0.25, -0.2) is 0 Å². The lowest BCUT2D eigenvalue weighted by Crippen LogP contribution is -2.48. The smallest absolute Gasteiger partial charge is 0.0869 e. The SMILES string of the molecule is OC1(Cc2ccc3ccccc3n2)CCN2CCCCC21. The first-order valence-electron chi connectivity index (χ1n) is 8.06. The Morgan fingerprint density at radius 1 is 1.14 bits per heavy atom. The summed E-state index contributed by atoms with van der Waals surface area (Å²) in [5.74, 6) is 0. The van der Waals surface area contributed by atoms with E-state index >= 15 is 0 Å². The van der Waals surface area contributed by atoms with Crippen LogP contribution < -0.4 is 0 Å². The van der Waals surface area contributed by atoms with Gasteiger partial charge >= 0.3 is 0 Å². The van der Waals surface area contributed by atoms with E-state index in [1.54, 1.807) is 0 Å². The first-order valence-corrected chi connectivity index (χ1v) is 8.06. The second kappa shape index (κ2) is 5.08. The van der Waals surface area contributed by atoms with E-state index in [1.165, 1.54) is 18.2 Å². The fourth-order valence-corrected chi connectivity index (χ4v) is 4.10. The Kier molecular flexibility index (Phi) is 3.20. The number of aromatic nitrogens is 1. The van der Waals surface area contributed by atoms with Crippen molar-refractivity contribution in [2.45, 2.75) is 43.7 Å². The average molecular weight is 282 g/mol. The third-order valence-electron chi connectivity index (χ3n) is 5.21. The van der Waals surface area contributed by atoms with Gasteiger partial charge in [0.25, 0.3) is 0 Å². The Bertz CT molecular complexity index is 656. The summed E-state index contributed by atoms with van der Waals surface area (Å²) in [6, 6.07) is 12.7. The zero-order valence-corrected chi connectivity index (χ0v) is 12.3. The van der Waals surface area contributed by atoms with Gasteiger partial charge in [0.15, 0.2) is 0 Å². The molecule has 2 saturated heterocycles. The number of para-hydroxylation sites is 1. The molecule has 3 nitrogen and oxygen atoms in total. The van der Waals surface area contributed by atoms with Gasteiger partial charge in [0.2, 0.25) is 0 Å². The van der Waals surface area contributed by atoms with Crippen LogP contribution >= 0.6 is 0 Å². The second-order valence-corrected chi connectivity index (χ2v) is 6.57. The van der Waals surface area contributed by atoms with E-state index in [0.29, 0.717) is 12.5 Å². The number of nitrogens with zero attached hydrogens (tertiary/aromatic N) is 2. The zero-order valence-electron chi connectivity index (χ0n) is 12.3. The van der Waals surface area contributed by atoms with Gasteiger partial charge in [0.1, 0.15) is 0 Å². The van der Waals surface area contributed by atoms with Crippen molar-refractivity contribution in [3.8, 4) is 0 Å². The molecular weight excluding hydrogens is 260 g/mol. The maximum absolute atomic E-state index is 11.1. The molecule has 0 bridgehead atoms. The monoisotopic (exact) mass is 282 g/mol. The van der Waals surface area contributed by atoms with Gasteiger partial charge in [-0.2, -0.15) is 0 Å². The lowest BCUT2D eigenvalue weighted by Gasteiger charge is -2.37. The van der Waals surface area contributed by atoms with Crippen LogP contribution in [0.5, 0.6) is 0 Å². The summed E-state index contributed by atoms with van der Waals surface area (Å²) in [6.45, 7) is 2.19. The Labute approximate surface area is 125 Å². The maximum atomic E-state index is 11.1. The molecule has 2 aliphatic rings. The van der Waals surface area contributed by atoms with Crippen molar-refractivity contribution in [1.82, 2.24) is 9.88 Å². The van der Waals surface area contributed by atoms with Crippen LogP contribution in [0.15, 0.2) is 36.4 Å². The molecule has 2 unspecified atom stereocenters. The number of benzene rings is 1. The molecule has 2 fully saturated rings. The normalized spacial score (nSPS) is 29.7. The number of fused-ring (bicyclic) bond motifs is 2. The van der Waals surface area contributed by atoms with Crippen LogP contribution in [0.25, 0.3) is 10.9 Å². The summed E-state index contributed by atoms with van der Waals surface area (Å²) in [5.41, 5.74) is 1.45. The van der Waals surface area contributed by atoms with Crippen LogP contribution in [-0.2, 0) is 6.42 Å². The number of piperidine rings is 1. The van der Waals surface area contributed by atoms with Gasteiger partial charge in [-0.05, 0) is 37.9 Å². The molecule has 21 heavy (non-hydrogen) atoms. The minimum absolute atomic E-state index is 0.333. The zero-order chi connectivity index (χ0) is 14.3. The highest BCUT2D eigenvalue weighted by Crippen LogP contribution is 2.37. The highest BCUT2D eigenvalue weighted by molar-refractivity contribution is 5.78. The topological polar surface area (TPSA) is 36.4 Å². The maximum Gasteiger partial charge on any atom is 0.0869 e. The number of aliphatic hydroxyl groups is 1. The molecule has 110 valence electrons. The van der Waals surface area contributed by atoms with Gasteiger partial charge in [0.05, 0.1) is 11.1 Å². The van der Waals surface area contributed by atoms with Crippen molar-refractivity contribution >= 4 is 10.9 Å². The molecule has 2 aliphatic heterocycles. The summed E-state index contributed by atoms with van der Waals surface area (Å²) in [6.07, 6.45) is 5.21. The van der Waals surface area contributed by atoms with Crippen molar-refractivity contribution in [1.29, 1.82) is 0 Å². The Morgan fingerprint density at radius 2 is 2.05 bits per heavy atom. The molecule has 1 aromatic heterocycles. The molecule has 2 atom stereocenters. The minimum atomic E-state index is -0.587. The molecule has 2 aromatic rings. The van der Waals surface area contributed by atoms with Gasteiger partial charge in [-0.15, -0.1) is 0 Å². The fourth-order valence-electron chi connectivity index (χ4n) is 4.10. The summed E-state index contributed by atoms with van der Waals surface area (Å²) >= 11 is 0. The lowest BCUT2D eigenvalue weighted by molar-refractivity contribution is -0.00950. The molecule has 0 aliphatic carbocycles. The molecule has 1 aromatic carbocycles.